The third-order valence-electron chi connectivity index (χ3n) is 5.82. The van der Waals surface area contributed by atoms with E-state index in [0.29, 0.717) is 24.1 Å². The molecule has 0 aromatic carbocycles. The van der Waals surface area contributed by atoms with Gasteiger partial charge < -0.3 is 26.8 Å². The molecule has 0 spiro atoms. The smallest absolute Gasteiger partial charge is 0.252 e. The minimum absolute atomic E-state index is 0.0298. The van der Waals surface area contributed by atoms with Crippen molar-refractivity contribution in [1.29, 1.82) is 0 Å². The minimum atomic E-state index is -0.767. The second-order valence-corrected chi connectivity index (χ2v) is 8.23. The van der Waals surface area contributed by atoms with Crippen LogP contribution in [0.4, 0.5) is 21.7 Å². The summed E-state index contributed by atoms with van der Waals surface area (Å²) in [4.78, 5) is 20.7. The molecule has 31 heavy (non-hydrogen) atoms. The first-order valence-corrected chi connectivity index (χ1v) is 10.9. The highest BCUT2D eigenvalue weighted by atomic mass is 19.1. The summed E-state index contributed by atoms with van der Waals surface area (Å²) in [5.74, 6) is -0.148. The standard InChI is InChI=1S/C22H29FN6O2/c1-2-31-22-14(12-7-8-12)9-13(11-26-22)27-20-15(19(25)30)10-16(23)21(29-20)28-18-6-4-3-5-17(18)24/h9-12,17-18H,2-8,24H2,1H3,(H2,25,30)(H2,27,28,29)/t17-,18+/m0/s1. The largest absolute Gasteiger partial charge is 0.478 e. The van der Waals surface area contributed by atoms with Crippen LogP contribution >= 0.6 is 0 Å². The predicted octanol–water partition coefficient (Wildman–Crippen LogP) is 3.42. The number of nitrogens with one attached hydrogen (secondary N) is 2. The summed E-state index contributed by atoms with van der Waals surface area (Å²) in [5.41, 5.74) is 13.3. The molecule has 1 amide bonds. The molecule has 4 rings (SSSR count). The van der Waals surface area contributed by atoms with Gasteiger partial charge in [0.25, 0.3) is 5.91 Å². The highest BCUT2D eigenvalue weighted by molar-refractivity contribution is 5.98. The second-order valence-electron chi connectivity index (χ2n) is 8.23. The van der Waals surface area contributed by atoms with Crippen LogP contribution in [-0.2, 0) is 0 Å². The van der Waals surface area contributed by atoms with E-state index < -0.39 is 11.7 Å². The highest BCUT2D eigenvalue weighted by Gasteiger charge is 2.28. The summed E-state index contributed by atoms with van der Waals surface area (Å²) < 4.78 is 20.3. The van der Waals surface area contributed by atoms with Crippen LogP contribution in [0.2, 0.25) is 0 Å². The van der Waals surface area contributed by atoms with E-state index in [4.69, 9.17) is 16.2 Å². The number of primary amides is 1. The second kappa shape index (κ2) is 9.05. The fraction of sp³-hybridized carbons (Fsp3) is 0.500. The molecule has 2 heterocycles. The van der Waals surface area contributed by atoms with E-state index in [9.17, 15) is 9.18 Å². The van der Waals surface area contributed by atoms with Gasteiger partial charge in [-0.15, -0.1) is 0 Å². The summed E-state index contributed by atoms with van der Waals surface area (Å²) in [7, 11) is 0. The van der Waals surface area contributed by atoms with Crippen LogP contribution in [-0.4, -0.2) is 34.6 Å². The average Bonchev–Trinajstić information content (AvgIpc) is 3.58. The van der Waals surface area contributed by atoms with Crippen LogP contribution in [0.15, 0.2) is 18.3 Å². The molecule has 2 aliphatic carbocycles. The Morgan fingerprint density at radius 1 is 1.23 bits per heavy atom. The number of anilines is 3. The number of hydrogen-bond donors (Lipinski definition) is 4. The lowest BCUT2D eigenvalue weighted by atomic mass is 9.91. The molecule has 2 saturated carbocycles. The number of carbonyl (C=O) groups is 1. The van der Waals surface area contributed by atoms with Crippen LogP contribution in [0, 0.1) is 5.82 Å². The number of carbonyl (C=O) groups excluding carboxylic acids is 1. The van der Waals surface area contributed by atoms with Crippen LogP contribution in [0.1, 0.15) is 67.3 Å². The fourth-order valence-corrected chi connectivity index (χ4v) is 4.01. The Morgan fingerprint density at radius 3 is 2.68 bits per heavy atom. The van der Waals surface area contributed by atoms with Crippen molar-refractivity contribution >= 4 is 23.2 Å². The highest BCUT2D eigenvalue weighted by Crippen LogP contribution is 2.44. The number of amides is 1. The summed E-state index contributed by atoms with van der Waals surface area (Å²) in [6, 6.07) is 2.91. The average molecular weight is 429 g/mol. The predicted molar refractivity (Wildman–Crippen MR) is 117 cm³/mol. The summed E-state index contributed by atoms with van der Waals surface area (Å²) >= 11 is 0. The lowest BCUT2D eigenvalue weighted by Gasteiger charge is -2.30. The zero-order valence-corrected chi connectivity index (χ0v) is 17.7. The zero-order valence-electron chi connectivity index (χ0n) is 17.7. The van der Waals surface area contributed by atoms with E-state index in [0.717, 1.165) is 50.2 Å². The van der Waals surface area contributed by atoms with Crippen molar-refractivity contribution in [3.05, 3.63) is 35.3 Å². The van der Waals surface area contributed by atoms with E-state index in [1.165, 1.54) is 0 Å². The van der Waals surface area contributed by atoms with Gasteiger partial charge in [0.15, 0.2) is 11.6 Å². The molecule has 2 atom stereocenters. The number of nitrogens with two attached hydrogens (primary N) is 2. The molecule has 8 nitrogen and oxygen atoms in total. The molecule has 2 fully saturated rings. The van der Waals surface area contributed by atoms with E-state index in [1.54, 1.807) is 6.20 Å². The fourth-order valence-electron chi connectivity index (χ4n) is 4.01. The normalized spacial score (nSPS) is 20.9. The maximum absolute atomic E-state index is 14.7. The van der Waals surface area contributed by atoms with Crippen molar-refractivity contribution in [2.45, 2.75) is 63.5 Å². The Bertz CT molecular complexity index is 965. The van der Waals surface area contributed by atoms with Crippen molar-refractivity contribution in [3.8, 4) is 5.88 Å². The van der Waals surface area contributed by atoms with E-state index >= 15 is 0 Å². The Kier molecular flexibility index (Phi) is 6.22. The molecule has 2 aliphatic rings. The van der Waals surface area contributed by atoms with E-state index in [2.05, 4.69) is 20.6 Å². The Morgan fingerprint density at radius 2 is 2.00 bits per heavy atom. The number of aromatic nitrogens is 2. The first-order chi connectivity index (χ1) is 15.0. The Labute approximate surface area is 181 Å². The van der Waals surface area contributed by atoms with Gasteiger partial charge >= 0.3 is 0 Å². The quantitative estimate of drug-likeness (QED) is 0.507. The molecule has 0 aliphatic heterocycles. The lowest BCUT2D eigenvalue weighted by Crippen LogP contribution is -2.43. The van der Waals surface area contributed by atoms with Crippen molar-refractivity contribution in [1.82, 2.24) is 9.97 Å². The molecule has 0 unspecified atom stereocenters. The van der Waals surface area contributed by atoms with Crippen LogP contribution in [0.3, 0.4) is 0 Å². The lowest BCUT2D eigenvalue weighted by molar-refractivity contribution is 0.100. The number of rotatable bonds is 8. The van der Waals surface area contributed by atoms with Crippen molar-refractivity contribution in [2.75, 3.05) is 17.2 Å². The van der Waals surface area contributed by atoms with Gasteiger partial charge in [0.05, 0.1) is 24.1 Å². The SMILES string of the molecule is CCOc1ncc(Nc2nc(N[C@@H]3CCCC[C@@H]3N)c(F)cc2C(N)=O)cc1C1CC1. The first kappa shape index (κ1) is 21.3. The van der Waals surface area contributed by atoms with Gasteiger partial charge in [-0.25, -0.2) is 14.4 Å². The molecular formula is C22H29FN6O2. The number of nitrogens with zero attached hydrogens (tertiary/aromatic N) is 2. The number of ether oxygens (including phenoxy) is 1. The molecule has 9 heteroatoms. The molecular weight excluding hydrogens is 399 g/mol. The van der Waals surface area contributed by atoms with Crippen molar-refractivity contribution < 1.29 is 13.9 Å². The monoisotopic (exact) mass is 428 g/mol. The third-order valence-corrected chi connectivity index (χ3v) is 5.82. The van der Waals surface area contributed by atoms with E-state index in [1.807, 2.05) is 13.0 Å². The molecule has 0 radical (unpaired) electrons. The first-order valence-electron chi connectivity index (χ1n) is 10.9. The molecule has 0 saturated heterocycles. The van der Waals surface area contributed by atoms with Crippen LogP contribution < -0.4 is 26.8 Å². The van der Waals surface area contributed by atoms with Gasteiger partial charge in [0, 0.05) is 17.6 Å². The maximum atomic E-state index is 14.7. The van der Waals surface area contributed by atoms with Gasteiger partial charge in [0.1, 0.15) is 5.82 Å². The molecule has 166 valence electrons. The number of halogens is 1. The van der Waals surface area contributed by atoms with Gasteiger partial charge in [0.2, 0.25) is 5.88 Å². The summed E-state index contributed by atoms with van der Waals surface area (Å²) in [6.45, 7) is 2.45. The molecule has 0 bridgehead atoms. The maximum Gasteiger partial charge on any atom is 0.252 e. The van der Waals surface area contributed by atoms with Gasteiger partial charge in [-0.2, -0.15) is 0 Å². The van der Waals surface area contributed by atoms with Crippen molar-refractivity contribution in [2.24, 2.45) is 11.5 Å². The third kappa shape index (κ3) is 4.87. The van der Waals surface area contributed by atoms with Gasteiger partial charge in [-0.05, 0) is 50.7 Å². The Balaban J connectivity index is 1.63. The Hall–Kier alpha value is -2.94. The van der Waals surface area contributed by atoms with Crippen LogP contribution in [0.25, 0.3) is 0 Å². The zero-order chi connectivity index (χ0) is 22.0. The minimum Gasteiger partial charge on any atom is -0.478 e. The summed E-state index contributed by atoms with van der Waals surface area (Å²) in [5, 5.41) is 6.21. The van der Waals surface area contributed by atoms with Gasteiger partial charge in [-0.1, -0.05) is 12.8 Å². The number of pyridine rings is 2. The van der Waals surface area contributed by atoms with Crippen LogP contribution in [0.5, 0.6) is 5.88 Å². The molecule has 2 aromatic heterocycles. The van der Waals surface area contributed by atoms with E-state index in [-0.39, 0.29) is 29.3 Å². The molecule has 6 N–H and O–H groups in total. The van der Waals surface area contributed by atoms with Crippen molar-refractivity contribution in [3.63, 3.8) is 0 Å². The van der Waals surface area contributed by atoms with Gasteiger partial charge in [-0.3, -0.25) is 4.79 Å². The summed E-state index contributed by atoms with van der Waals surface area (Å²) in [6.07, 6.45) is 7.60. The molecule has 2 aromatic rings. The number of hydrogen-bond acceptors (Lipinski definition) is 7. The topological polar surface area (TPSA) is 128 Å².